The van der Waals surface area contributed by atoms with Gasteiger partial charge in [-0.15, -0.1) is 0 Å². The second-order valence-corrected chi connectivity index (χ2v) is 12.6. The minimum atomic E-state index is -1.76. The molecule has 11 atom stereocenters. The van der Waals surface area contributed by atoms with Gasteiger partial charge in [0, 0.05) is 13.3 Å². The van der Waals surface area contributed by atoms with Crippen molar-refractivity contribution in [2.75, 3.05) is 13.2 Å². The molecule has 0 aromatic heterocycles. The summed E-state index contributed by atoms with van der Waals surface area (Å²) in [5.41, 5.74) is 3.71. The molecule has 1 aliphatic heterocycles. The first-order valence-corrected chi connectivity index (χ1v) is 17.0. The number of ether oxygens (including phenoxy) is 2. The predicted molar refractivity (Wildman–Crippen MR) is 173 cm³/mol. The van der Waals surface area contributed by atoms with Gasteiger partial charge in [0.2, 0.25) is 35.4 Å². The molecule has 0 aromatic carbocycles. The molecule has 0 radical (unpaired) electrons. The Bertz CT molecular complexity index is 1300. The van der Waals surface area contributed by atoms with Gasteiger partial charge in [-0.3, -0.25) is 28.8 Å². The summed E-state index contributed by atoms with van der Waals surface area (Å²) in [4.78, 5) is 98.1. The van der Waals surface area contributed by atoms with Crippen molar-refractivity contribution < 1.29 is 79.1 Å². The van der Waals surface area contributed by atoms with E-state index in [0.29, 0.717) is 19.4 Å². The van der Waals surface area contributed by atoms with Crippen molar-refractivity contribution in [2.24, 2.45) is 0 Å². The second-order valence-electron chi connectivity index (χ2n) is 12.6. The number of nitrogens with one attached hydrogen (secondary N) is 6. The SMILES string of the molecule is CC(=O)N[C@H]1C(O)O[C@H](CO)[C@@H](O)[C@@H]1O[C@H](C)C(=O)N[C@@H](C)C(=O)N[C@H](CCC(=O)N[C@@H](CCCC[NH3+])C(=O)N[C@H](C)C(=O)N[C@H](C)C(=O)[O-])C(=O)[O-]. The highest BCUT2D eigenvalue weighted by atomic mass is 16.6. The van der Waals surface area contributed by atoms with Crippen molar-refractivity contribution >= 4 is 47.4 Å². The average molecular weight is 763 g/mol. The van der Waals surface area contributed by atoms with E-state index in [1.54, 1.807) is 0 Å². The van der Waals surface area contributed by atoms with Gasteiger partial charge in [-0.05, 0) is 53.4 Å². The first-order valence-electron chi connectivity index (χ1n) is 17.0. The number of aliphatic hydroxyl groups excluding tert-OH is 3. The number of carbonyl (C=O) groups excluding carboxylic acids is 8. The Labute approximate surface area is 305 Å². The van der Waals surface area contributed by atoms with E-state index in [4.69, 9.17) is 9.47 Å². The summed E-state index contributed by atoms with van der Waals surface area (Å²) in [6.07, 6.45) is -7.33. The van der Waals surface area contributed by atoms with E-state index in [9.17, 15) is 63.9 Å². The van der Waals surface area contributed by atoms with Crippen LogP contribution in [0.5, 0.6) is 0 Å². The van der Waals surface area contributed by atoms with Crippen LogP contribution in [-0.2, 0) is 47.8 Å². The Morgan fingerprint density at radius 2 is 1.32 bits per heavy atom. The van der Waals surface area contributed by atoms with Crippen LogP contribution < -0.4 is 47.8 Å². The van der Waals surface area contributed by atoms with Crippen molar-refractivity contribution in [1.29, 1.82) is 0 Å². The van der Waals surface area contributed by atoms with E-state index < -0.39 is 134 Å². The average Bonchev–Trinajstić information content (AvgIpc) is 3.08. The van der Waals surface area contributed by atoms with Crippen LogP contribution in [0.25, 0.3) is 0 Å². The van der Waals surface area contributed by atoms with Crippen LogP contribution in [-0.4, -0.2) is 143 Å². The fraction of sp³-hybridized carbons (Fsp3) is 0.742. The molecule has 1 saturated heterocycles. The second kappa shape index (κ2) is 22.6. The van der Waals surface area contributed by atoms with Gasteiger partial charge in [0.05, 0.1) is 37.2 Å². The zero-order valence-corrected chi connectivity index (χ0v) is 30.2. The lowest BCUT2D eigenvalue weighted by Gasteiger charge is -2.43. The molecule has 22 nitrogen and oxygen atoms in total. The van der Waals surface area contributed by atoms with E-state index in [2.05, 4.69) is 37.6 Å². The van der Waals surface area contributed by atoms with Crippen molar-refractivity contribution in [3.05, 3.63) is 0 Å². The van der Waals surface area contributed by atoms with Gasteiger partial charge in [0.25, 0.3) is 0 Å². The maximum atomic E-state index is 12.9. The van der Waals surface area contributed by atoms with Crippen LogP contribution in [0, 0.1) is 0 Å². The summed E-state index contributed by atoms with van der Waals surface area (Å²) in [6, 6.07) is -8.12. The number of carboxylic acids is 2. The largest absolute Gasteiger partial charge is 0.548 e. The van der Waals surface area contributed by atoms with Gasteiger partial charge in [0.15, 0.2) is 6.29 Å². The van der Waals surface area contributed by atoms with Gasteiger partial charge < -0.3 is 82.2 Å². The number of aliphatic hydroxyl groups is 3. The van der Waals surface area contributed by atoms with Gasteiger partial charge in [-0.1, -0.05) is 0 Å². The molecular weight excluding hydrogens is 710 g/mol. The highest BCUT2D eigenvalue weighted by molar-refractivity contribution is 5.93. The number of quaternary nitrogens is 1. The first kappa shape index (κ1) is 46.5. The molecule has 22 heteroatoms. The molecule has 0 aromatic rings. The number of unbranched alkanes of at least 4 members (excludes halogenated alkanes) is 1. The number of carbonyl (C=O) groups is 8. The lowest BCUT2D eigenvalue weighted by atomic mass is 9.96. The first-order chi connectivity index (χ1) is 24.7. The molecule has 53 heavy (non-hydrogen) atoms. The summed E-state index contributed by atoms with van der Waals surface area (Å²) in [7, 11) is 0. The Hall–Kier alpha value is -4.48. The monoisotopic (exact) mass is 762 g/mol. The number of hydrogen-bond acceptors (Lipinski definition) is 15. The molecule has 0 aliphatic carbocycles. The molecule has 1 heterocycles. The minimum absolute atomic E-state index is 0.126. The summed E-state index contributed by atoms with van der Waals surface area (Å²) in [5.74, 6) is -8.20. The molecule has 1 rings (SSSR count). The van der Waals surface area contributed by atoms with E-state index in [1.165, 1.54) is 27.7 Å². The molecule has 12 N–H and O–H groups in total. The molecule has 0 saturated carbocycles. The summed E-state index contributed by atoms with van der Waals surface area (Å²) >= 11 is 0. The Morgan fingerprint density at radius 3 is 1.85 bits per heavy atom. The summed E-state index contributed by atoms with van der Waals surface area (Å²) in [5, 5.41) is 66.8. The topological polar surface area (TPSA) is 362 Å². The lowest BCUT2D eigenvalue weighted by molar-refractivity contribution is -0.368. The van der Waals surface area contributed by atoms with Crippen LogP contribution in [0.3, 0.4) is 0 Å². The van der Waals surface area contributed by atoms with Crippen molar-refractivity contribution in [1.82, 2.24) is 31.9 Å². The maximum Gasteiger partial charge on any atom is 0.249 e. The molecule has 6 amide bonds. The zero-order chi connectivity index (χ0) is 40.6. The third kappa shape index (κ3) is 15.6. The minimum Gasteiger partial charge on any atom is -0.548 e. The van der Waals surface area contributed by atoms with E-state index in [1.807, 2.05) is 0 Å². The van der Waals surface area contributed by atoms with Crippen molar-refractivity contribution in [3.63, 3.8) is 0 Å². The third-order valence-electron chi connectivity index (χ3n) is 8.10. The molecule has 1 fully saturated rings. The Morgan fingerprint density at radius 1 is 0.755 bits per heavy atom. The maximum absolute atomic E-state index is 12.9. The van der Waals surface area contributed by atoms with Gasteiger partial charge in [-0.2, -0.15) is 0 Å². The van der Waals surface area contributed by atoms with Crippen molar-refractivity contribution in [2.45, 2.75) is 134 Å². The normalized spacial score (nSPS) is 23.1. The molecule has 1 unspecified atom stereocenters. The fourth-order valence-corrected chi connectivity index (χ4v) is 4.99. The molecular formula is C31H52N7O15-. The Balaban J connectivity index is 2.83. The highest BCUT2D eigenvalue weighted by Gasteiger charge is 2.47. The van der Waals surface area contributed by atoms with E-state index >= 15 is 0 Å². The fourth-order valence-electron chi connectivity index (χ4n) is 4.99. The van der Waals surface area contributed by atoms with E-state index in [-0.39, 0.29) is 6.42 Å². The van der Waals surface area contributed by atoms with Crippen LogP contribution in [0.2, 0.25) is 0 Å². The third-order valence-corrected chi connectivity index (χ3v) is 8.10. The number of amides is 6. The number of aliphatic carboxylic acids is 2. The zero-order valence-electron chi connectivity index (χ0n) is 30.2. The quantitative estimate of drug-likeness (QED) is 0.0458. The van der Waals surface area contributed by atoms with Crippen LogP contribution in [0.15, 0.2) is 0 Å². The predicted octanol–water partition coefficient (Wildman–Crippen LogP) is -8.49. The van der Waals surface area contributed by atoms with Crippen molar-refractivity contribution in [3.8, 4) is 0 Å². The summed E-state index contributed by atoms with van der Waals surface area (Å²) < 4.78 is 10.7. The molecule has 0 bridgehead atoms. The number of hydrogen-bond donors (Lipinski definition) is 10. The van der Waals surface area contributed by atoms with E-state index in [0.717, 1.165) is 6.92 Å². The van der Waals surface area contributed by atoms with Gasteiger partial charge >= 0.3 is 0 Å². The Kier molecular flexibility index (Phi) is 19.8. The highest BCUT2D eigenvalue weighted by Crippen LogP contribution is 2.24. The molecule has 302 valence electrons. The smallest absolute Gasteiger partial charge is 0.249 e. The summed E-state index contributed by atoms with van der Waals surface area (Å²) in [6.45, 7) is 5.84. The standard InChI is InChI=1S/C31H53N7O15/c1-13(25(43)35-15(3)29(47)48)34-28(46)18(8-6-7-11-32)37-21(41)10-9-19(30(49)50)38-26(44)14(2)33-27(45)16(4)52-24-22(36-17(5)40)31(51)53-20(12-39)23(24)42/h13-16,18-20,22-24,31,39,42,51H,6-12,32H2,1-5H3,(H,33,45)(H,34,46)(H,35,43)(H,36,40)(H,37,41)(H,38,44)(H,47,48)(H,49,50)/p-1/t13-,14+,15-,16-,18+,19-,20-,22-,23-,24-,31?/m1/s1. The van der Waals surface area contributed by atoms with Crippen LogP contribution in [0.4, 0.5) is 0 Å². The molecule has 0 spiro atoms. The number of rotatable bonds is 22. The van der Waals surface area contributed by atoms with Crippen LogP contribution >= 0.6 is 0 Å². The molecule has 1 aliphatic rings. The lowest BCUT2D eigenvalue weighted by Crippen LogP contribution is -2.65. The number of carboxylic acid groups (broad SMARTS) is 2. The van der Waals surface area contributed by atoms with Gasteiger partial charge in [-0.25, -0.2) is 0 Å². The van der Waals surface area contributed by atoms with Crippen LogP contribution in [0.1, 0.15) is 66.7 Å². The van der Waals surface area contributed by atoms with Gasteiger partial charge in [0.1, 0.15) is 48.6 Å².